The third-order valence-corrected chi connectivity index (χ3v) is 3.69. The van der Waals surface area contributed by atoms with Gasteiger partial charge in [0.2, 0.25) is 0 Å². The van der Waals surface area contributed by atoms with E-state index in [2.05, 4.69) is 42.5 Å². The Morgan fingerprint density at radius 1 is 1.05 bits per heavy atom. The first-order valence-electron chi connectivity index (χ1n) is 6.54. The van der Waals surface area contributed by atoms with Crippen molar-refractivity contribution in [2.24, 2.45) is 0 Å². The van der Waals surface area contributed by atoms with Gasteiger partial charge in [0.25, 0.3) is 0 Å². The van der Waals surface area contributed by atoms with Crippen molar-refractivity contribution in [2.45, 2.75) is 20.3 Å². The largest absolute Gasteiger partial charge is 0.254 e. The molecule has 2 nitrogen and oxygen atoms in total. The SMILES string of the molecule is C=c1/c(=C(\C)CC)c2cccnc2c2ncccc12. The van der Waals surface area contributed by atoms with Gasteiger partial charge < -0.3 is 0 Å². The Kier molecular flexibility index (Phi) is 2.79. The molecule has 2 heteroatoms. The number of aromatic nitrogens is 2. The first-order chi connectivity index (χ1) is 9.24. The van der Waals surface area contributed by atoms with Crippen LogP contribution in [-0.2, 0) is 0 Å². The molecule has 0 saturated heterocycles. The minimum Gasteiger partial charge on any atom is -0.254 e. The fourth-order valence-corrected chi connectivity index (χ4v) is 2.59. The van der Waals surface area contributed by atoms with E-state index < -0.39 is 0 Å². The first-order valence-corrected chi connectivity index (χ1v) is 6.54. The molecular weight excluding hydrogens is 232 g/mol. The zero-order chi connectivity index (χ0) is 13.4. The van der Waals surface area contributed by atoms with E-state index in [1.165, 1.54) is 10.8 Å². The molecule has 0 aliphatic heterocycles. The minimum atomic E-state index is 0.941. The van der Waals surface area contributed by atoms with E-state index in [-0.39, 0.29) is 0 Å². The molecule has 2 heterocycles. The molecule has 0 aliphatic rings. The standard InChI is InChI=1S/C17H16N2/c1-4-11(2)15-12(3)13-7-5-9-18-16(13)17-14(15)8-6-10-19-17/h5-10H,3-4H2,1-2H3/b15-11-. The summed E-state index contributed by atoms with van der Waals surface area (Å²) in [5.74, 6) is 0. The van der Waals surface area contributed by atoms with Gasteiger partial charge in [-0.2, -0.15) is 0 Å². The molecule has 0 bridgehead atoms. The minimum absolute atomic E-state index is 0.941. The van der Waals surface area contributed by atoms with Crippen molar-refractivity contribution < 1.29 is 0 Å². The molecule has 0 atom stereocenters. The van der Waals surface area contributed by atoms with Crippen LogP contribution in [0.3, 0.4) is 0 Å². The van der Waals surface area contributed by atoms with E-state index in [0.29, 0.717) is 0 Å². The maximum atomic E-state index is 4.52. The second-order valence-corrected chi connectivity index (χ2v) is 4.79. The van der Waals surface area contributed by atoms with Crippen LogP contribution in [0.1, 0.15) is 20.3 Å². The average Bonchev–Trinajstić information content (AvgIpc) is 2.47. The van der Waals surface area contributed by atoms with Crippen LogP contribution < -0.4 is 10.4 Å². The van der Waals surface area contributed by atoms with Crippen LogP contribution in [0.2, 0.25) is 0 Å². The highest BCUT2D eigenvalue weighted by molar-refractivity contribution is 6.03. The van der Waals surface area contributed by atoms with Gasteiger partial charge in [-0.3, -0.25) is 9.97 Å². The zero-order valence-electron chi connectivity index (χ0n) is 11.3. The van der Waals surface area contributed by atoms with Crippen molar-refractivity contribution in [3.8, 4) is 0 Å². The normalized spacial score (nSPS) is 12.9. The van der Waals surface area contributed by atoms with Gasteiger partial charge in [0, 0.05) is 23.2 Å². The van der Waals surface area contributed by atoms with Crippen LogP contribution in [0.25, 0.3) is 34.0 Å². The Morgan fingerprint density at radius 2 is 1.63 bits per heavy atom. The Labute approximate surface area is 112 Å². The predicted molar refractivity (Wildman–Crippen MR) is 81.2 cm³/mol. The van der Waals surface area contributed by atoms with E-state index in [1.54, 1.807) is 0 Å². The summed E-state index contributed by atoms with van der Waals surface area (Å²) in [6.07, 6.45) is 4.65. The van der Waals surface area contributed by atoms with E-state index in [9.17, 15) is 0 Å². The molecule has 0 amide bonds. The lowest BCUT2D eigenvalue weighted by molar-refractivity contribution is 1.21. The van der Waals surface area contributed by atoms with Crippen LogP contribution >= 0.6 is 0 Å². The Bertz CT molecular complexity index is 879. The second-order valence-electron chi connectivity index (χ2n) is 4.79. The smallest absolute Gasteiger partial charge is 0.0970 e. The molecule has 0 saturated carbocycles. The van der Waals surface area contributed by atoms with E-state index >= 15 is 0 Å². The molecule has 2 aromatic heterocycles. The molecule has 1 aromatic carbocycles. The molecule has 0 spiro atoms. The van der Waals surface area contributed by atoms with E-state index in [0.717, 1.165) is 33.4 Å². The van der Waals surface area contributed by atoms with Gasteiger partial charge in [-0.15, -0.1) is 0 Å². The number of benzene rings is 1. The third-order valence-electron chi connectivity index (χ3n) is 3.69. The Balaban J connectivity index is 2.76. The molecule has 19 heavy (non-hydrogen) atoms. The fourth-order valence-electron chi connectivity index (χ4n) is 2.59. The summed E-state index contributed by atoms with van der Waals surface area (Å²) >= 11 is 0. The fraction of sp³-hybridized carbons (Fsp3) is 0.176. The number of rotatable bonds is 1. The van der Waals surface area contributed by atoms with Gasteiger partial charge in [0.05, 0.1) is 11.0 Å². The lowest BCUT2D eigenvalue weighted by Crippen LogP contribution is -2.27. The first kappa shape index (κ1) is 11.8. The summed E-state index contributed by atoms with van der Waals surface area (Å²) in [6.45, 7) is 8.62. The van der Waals surface area contributed by atoms with Gasteiger partial charge in [0.15, 0.2) is 0 Å². The third kappa shape index (κ3) is 1.72. The van der Waals surface area contributed by atoms with Crippen molar-refractivity contribution in [1.29, 1.82) is 0 Å². The van der Waals surface area contributed by atoms with Crippen molar-refractivity contribution in [3.05, 3.63) is 47.1 Å². The number of hydrogen-bond acceptors (Lipinski definition) is 2. The summed E-state index contributed by atoms with van der Waals surface area (Å²) in [5.41, 5.74) is 3.25. The van der Waals surface area contributed by atoms with Gasteiger partial charge in [0.1, 0.15) is 0 Å². The van der Waals surface area contributed by atoms with Gasteiger partial charge >= 0.3 is 0 Å². The molecule has 0 radical (unpaired) electrons. The monoisotopic (exact) mass is 248 g/mol. The molecule has 0 N–H and O–H groups in total. The topological polar surface area (TPSA) is 25.8 Å². The predicted octanol–water partition coefficient (Wildman–Crippen LogP) is 2.77. The zero-order valence-corrected chi connectivity index (χ0v) is 11.3. The van der Waals surface area contributed by atoms with E-state index in [4.69, 9.17) is 0 Å². The highest BCUT2D eigenvalue weighted by Gasteiger charge is 2.07. The van der Waals surface area contributed by atoms with E-state index in [1.807, 2.05) is 24.5 Å². The highest BCUT2D eigenvalue weighted by Crippen LogP contribution is 2.16. The van der Waals surface area contributed by atoms with Crippen LogP contribution in [-0.4, -0.2) is 9.97 Å². The summed E-state index contributed by atoms with van der Waals surface area (Å²) in [7, 11) is 0. The summed E-state index contributed by atoms with van der Waals surface area (Å²) in [6, 6.07) is 8.12. The molecular formula is C17H16N2. The van der Waals surface area contributed by atoms with Gasteiger partial charge in [-0.25, -0.2) is 0 Å². The average molecular weight is 248 g/mol. The van der Waals surface area contributed by atoms with Gasteiger partial charge in [-0.05, 0) is 35.9 Å². The summed E-state index contributed by atoms with van der Waals surface area (Å²) < 4.78 is 0. The number of nitrogens with zero attached hydrogens (tertiary/aromatic N) is 2. The van der Waals surface area contributed by atoms with Crippen LogP contribution in [0.15, 0.2) is 36.7 Å². The summed E-state index contributed by atoms with van der Waals surface area (Å²) in [4.78, 5) is 9.01. The lowest BCUT2D eigenvalue weighted by Gasteiger charge is -2.07. The number of hydrogen-bond donors (Lipinski definition) is 0. The Hall–Kier alpha value is -2.22. The molecule has 0 unspecified atom stereocenters. The van der Waals surface area contributed by atoms with Gasteiger partial charge in [-0.1, -0.05) is 31.2 Å². The highest BCUT2D eigenvalue weighted by atomic mass is 14.7. The second kappa shape index (κ2) is 4.47. The van der Waals surface area contributed by atoms with Crippen molar-refractivity contribution in [3.63, 3.8) is 0 Å². The van der Waals surface area contributed by atoms with Crippen molar-refractivity contribution in [2.75, 3.05) is 0 Å². The molecule has 0 aliphatic carbocycles. The van der Waals surface area contributed by atoms with Crippen molar-refractivity contribution >= 4 is 34.0 Å². The van der Waals surface area contributed by atoms with Crippen LogP contribution in [0.5, 0.6) is 0 Å². The summed E-state index contributed by atoms with van der Waals surface area (Å²) in [5, 5.41) is 4.53. The Morgan fingerprint density at radius 3 is 2.26 bits per heavy atom. The van der Waals surface area contributed by atoms with Crippen molar-refractivity contribution in [1.82, 2.24) is 9.97 Å². The molecule has 0 fully saturated rings. The quantitative estimate of drug-likeness (QED) is 0.619. The molecule has 3 rings (SSSR count). The van der Waals surface area contributed by atoms with Crippen LogP contribution in [0.4, 0.5) is 0 Å². The number of pyridine rings is 2. The number of fused-ring (bicyclic) bond motifs is 3. The lowest BCUT2D eigenvalue weighted by atomic mass is 10.0. The van der Waals surface area contributed by atoms with Crippen LogP contribution in [0, 0.1) is 0 Å². The maximum Gasteiger partial charge on any atom is 0.0970 e. The molecule has 3 aromatic rings. The molecule has 94 valence electrons. The maximum absolute atomic E-state index is 4.52.